The first kappa shape index (κ1) is 20.2. The van der Waals surface area contributed by atoms with E-state index in [0.717, 1.165) is 17.8 Å². The molecule has 4 aliphatic carbocycles. The fourth-order valence-electron chi connectivity index (χ4n) is 6.78. The van der Waals surface area contributed by atoms with Gasteiger partial charge in [0.15, 0.2) is 6.61 Å². The average molecular weight is 424 g/mol. The number of carbonyl (C=O) groups is 2. The number of nitrogens with one attached hydrogen (secondary N) is 2. The van der Waals surface area contributed by atoms with E-state index in [1.165, 1.54) is 38.5 Å². The Balaban J connectivity index is 1.16. The van der Waals surface area contributed by atoms with Gasteiger partial charge in [-0.05, 0) is 74.7 Å². The first-order chi connectivity index (χ1) is 14.9. The number of benzene rings is 1. The van der Waals surface area contributed by atoms with E-state index in [0.29, 0.717) is 16.5 Å². The molecule has 1 aromatic heterocycles. The summed E-state index contributed by atoms with van der Waals surface area (Å²) in [5, 5.41) is 10.6. The van der Waals surface area contributed by atoms with Gasteiger partial charge in [-0.2, -0.15) is 5.10 Å². The third-order valence-corrected chi connectivity index (χ3v) is 7.83. The topological polar surface area (TPSA) is 101 Å². The summed E-state index contributed by atoms with van der Waals surface area (Å²) in [4.78, 5) is 36.7. The predicted octanol–water partition coefficient (Wildman–Crippen LogP) is 2.73. The highest BCUT2D eigenvalue weighted by Crippen LogP contribution is 2.61. The SMILES string of the molecule is C[C@H](NC(=O)COC(=O)Cc1n[nH]c(=O)c2ccccc12)C12CC3CC(CC(C3)C1)C2. The molecule has 0 aliphatic heterocycles. The van der Waals surface area contributed by atoms with E-state index in [2.05, 4.69) is 22.4 Å². The fourth-order valence-corrected chi connectivity index (χ4v) is 6.78. The van der Waals surface area contributed by atoms with E-state index < -0.39 is 5.97 Å². The molecule has 4 aliphatic rings. The van der Waals surface area contributed by atoms with Crippen molar-refractivity contribution in [2.45, 2.75) is 57.9 Å². The highest BCUT2D eigenvalue weighted by molar-refractivity contribution is 5.87. The minimum Gasteiger partial charge on any atom is -0.455 e. The number of nitrogens with zero attached hydrogens (tertiary/aromatic N) is 1. The average Bonchev–Trinajstić information content (AvgIpc) is 2.73. The van der Waals surface area contributed by atoms with E-state index >= 15 is 0 Å². The molecular formula is C24H29N3O4. The highest BCUT2D eigenvalue weighted by Gasteiger charge is 2.53. The zero-order valence-corrected chi connectivity index (χ0v) is 17.9. The maximum Gasteiger partial charge on any atom is 0.312 e. The number of esters is 1. The molecule has 1 heterocycles. The molecular weight excluding hydrogens is 394 g/mol. The molecule has 31 heavy (non-hydrogen) atoms. The molecule has 1 aromatic carbocycles. The Kier molecular flexibility index (Phi) is 5.07. The molecule has 1 amide bonds. The first-order valence-corrected chi connectivity index (χ1v) is 11.3. The van der Waals surface area contributed by atoms with Gasteiger partial charge in [0.1, 0.15) is 0 Å². The third-order valence-electron chi connectivity index (χ3n) is 7.83. The smallest absolute Gasteiger partial charge is 0.312 e. The molecule has 164 valence electrons. The van der Waals surface area contributed by atoms with Crippen LogP contribution >= 0.6 is 0 Å². The van der Waals surface area contributed by atoms with Gasteiger partial charge in [0.2, 0.25) is 0 Å². The number of amides is 1. The van der Waals surface area contributed by atoms with E-state index in [1.807, 2.05) is 0 Å². The van der Waals surface area contributed by atoms with Crippen LogP contribution in [0.5, 0.6) is 0 Å². The molecule has 6 rings (SSSR count). The first-order valence-electron chi connectivity index (χ1n) is 11.3. The molecule has 1 atom stereocenters. The van der Waals surface area contributed by atoms with Crippen molar-refractivity contribution >= 4 is 22.6 Å². The lowest BCUT2D eigenvalue weighted by molar-refractivity contribution is -0.149. The van der Waals surface area contributed by atoms with Crippen molar-refractivity contribution in [3.8, 4) is 0 Å². The Morgan fingerprint density at radius 2 is 1.74 bits per heavy atom. The summed E-state index contributed by atoms with van der Waals surface area (Å²) in [7, 11) is 0. The molecule has 0 spiro atoms. The van der Waals surface area contributed by atoms with Crippen molar-refractivity contribution in [2.24, 2.45) is 23.2 Å². The summed E-state index contributed by atoms with van der Waals surface area (Å²) < 4.78 is 5.22. The predicted molar refractivity (Wildman–Crippen MR) is 115 cm³/mol. The summed E-state index contributed by atoms with van der Waals surface area (Å²) in [5.41, 5.74) is 0.348. The maximum atomic E-state index is 12.5. The van der Waals surface area contributed by atoms with Gasteiger partial charge in [0.05, 0.1) is 17.5 Å². The fraction of sp³-hybridized carbons (Fsp3) is 0.583. The number of ether oxygens (including phenoxy) is 1. The summed E-state index contributed by atoms with van der Waals surface area (Å²) in [5.74, 6) is 1.67. The van der Waals surface area contributed by atoms with Gasteiger partial charge in [-0.3, -0.25) is 14.4 Å². The summed E-state index contributed by atoms with van der Waals surface area (Å²) in [6.07, 6.45) is 7.64. The van der Waals surface area contributed by atoms with Gasteiger partial charge in [-0.25, -0.2) is 5.10 Å². The quantitative estimate of drug-likeness (QED) is 0.696. The van der Waals surface area contributed by atoms with Crippen LogP contribution in [0.4, 0.5) is 0 Å². The van der Waals surface area contributed by atoms with E-state index in [9.17, 15) is 14.4 Å². The van der Waals surface area contributed by atoms with E-state index in [4.69, 9.17) is 4.74 Å². The van der Waals surface area contributed by atoms with Gasteiger partial charge >= 0.3 is 5.97 Å². The largest absolute Gasteiger partial charge is 0.455 e. The number of hydrogen-bond donors (Lipinski definition) is 2. The number of aromatic amines is 1. The van der Waals surface area contributed by atoms with E-state index in [-0.39, 0.29) is 36.0 Å². The van der Waals surface area contributed by atoms with Crippen LogP contribution in [-0.2, 0) is 20.7 Å². The van der Waals surface area contributed by atoms with Crippen molar-refractivity contribution in [3.63, 3.8) is 0 Å². The number of rotatable bonds is 6. The van der Waals surface area contributed by atoms with Crippen LogP contribution in [-0.4, -0.2) is 34.7 Å². The summed E-state index contributed by atoms with van der Waals surface area (Å²) >= 11 is 0. The standard InChI is InChI=1S/C24H29N3O4/c1-14(24-10-15-6-16(11-24)8-17(7-15)12-24)25-21(28)13-31-22(29)9-20-18-4-2-3-5-19(18)23(30)27-26-20/h2-5,14-17H,6-13H2,1H3,(H,25,28)(H,27,30)/t14-,15?,16?,17?,24?/m0/s1. The summed E-state index contributed by atoms with van der Waals surface area (Å²) in [6.45, 7) is 1.82. The minimum absolute atomic E-state index is 0.0944. The Hall–Kier alpha value is -2.70. The number of H-pyrrole nitrogens is 1. The third kappa shape index (κ3) is 3.86. The molecule has 4 saturated carbocycles. The van der Waals surface area contributed by atoms with Gasteiger partial charge in [-0.15, -0.1) is 0 Å². The number of hydrogen-bond acceptors (Lipinski definition) is 5. The van der Waals surface area contributed by atoms with Crippen molar-refractivity contribution in [1.29, 1.82) is 0 Å². The van der Waals surface area contributed by atoms with Crippen LogP contribution in [0.25, 0.3) is 10.8 Å². The lowest BCUT2D eigenvalue weighted by Gasteiger charge is -2.59. The lowest BCUT2D eigenvalue weighted by atomic mass is 9.48. The molecule has 2 aromatic rings. The van der Waals surface area contributed by atoms with Crippen LogP contribution in [0.3, 0.4) is 0 Å². The molecule has 4 fully saturated rings. The molecule has 0 saturated heterocycles. The van der Waals surface area contributed by atoms with Crippen LogP contribution in [0, 0.1) is 23.2 Å². The van der Waals surface area contributed by atoms with Gasteiger partial charge in [0, 0.05) is 11.4 Å². The number of fused-ring (bicyclic) bond motifs is 1. The molecule has 7 heteroatoms. The van der Waals surface area contributed by atoms with E-state index in [1.54, 1.807) is 24.3 Å². The highest BCUT2D eigenvalue weighted by atomic mass is 16.5. The van der Waals surface area contributed by atoms with Crippen molar-refractivity contribution in [2.75, 3.05) is 6.61 Å². The second kappa shape index (κ2) is 7.77. The normalized spacial score (nSPS) is 29.6. The molecule has 2 N–H and O–H groups in total. The Bertz CT molecular complexity index is 1040. The maximum absolute atomic E-state index is 12.5. The second-order valence-corrected chi connectivity index (χ2v) is 9.95. The number of carbonyl (C=O) groups excluding carboxylic acids is 2. The summed E-state index contributed by atoms with van der Waals surface area (Å²) in [6, 6.07) is 7.08. The molecule has 4 bridgehead atoms. The Morgan fingerprint density at radius 1 is 1.13 bits per heavy atom. The van der Waals surface area contributed by atoms with Gasteiger partial charge < -0.3 is 10.1 Å². The molecule has 0 unspecified atom stereocenters. The van der Waals surface area contributed by atoms with Crippen molar-refractivity contribution < 1.29 is 14.3 Å². The van der Waals surface area contributed by atoms with Gasteiger partial charge in [-0.1, -0.05) is 18.2 Å². The second-order valence-electron chi connectivity index (χ2n) is 9.95. The van der Waals surface area contributed by atoms with Crippen molar-refractivity contribution in [1.82, 2.24) is 15.5 Å². The zero-order chi connectivity index (χ0) is 21.6. The van der Waals surface area contributed by atoms with Gasteiger partial charge in [0.25, 0.3) is 11.5 Å². The number of aromatic nitrogens is 2. The van der Waals surface area contributed by atoms with Crippen LogP contribution in [0.2, 0.25) is 0 Å². The minimum atomic E-state index is -0.540. The van der Waals surface area contributed by atoms with Crippen LogP contribution in [0.1, 0.15) is 51.1 Å². The molecule has 0 radical (unpaired) electrons. The van der Waals surface area contributed by atoms with Crippen LogP contribution < -0.4 is 10.9 Å². The van der Waals surface area contributed by atoms with Crippen LogP contribution in [0.15, 0.2) is 29.1 Å². The molecule has 7 nitrogen and oxygen atoms in total. The van der Waals surface area contributed by atoms with Crippen molar-refractivity contribution in [3.05, 3.63) is 40.3 Å². The monoisotopic (exact) mass is 423 g/mol. The lowest BCUT2D eigenvalue weighted by Crippen LogP contribution is -2.56. The zero-order valence-electron chi connectivity index (χ0n) is 17.9. The Labute approximate surface area is 180 Å². The Morgan fingerprint density at radius 3 is 2.39 bits per heavy atom.